The standard InChI is InChI=1S/C11H21N/c1-10-8-11(4-3-5-11)6-7-12(2)9-10/h10H,3-9H2,1-2H3. The molecule has 1 heteroatoms. The molecule has 1 atom stereocenters. The first kappa shape index (κ1) is 8.55. The zero-order chi connectivity index (χ0) is 8.60. The van der Waals surface area contributed by atoms with E-state index in [1.165, 1.54) is 45.2 Å². The lowest BCUT2D eigenvalue weighted by molar-refractivity contribution is 0.0982. The predicted octanol–water partition coefficient (Wildman–Crippen LogP) is 2.52. The summed E-state index contributed by atoms with van der Waals surface area (Å²) < 4.78 is 0. The van der Waals surface area contributed by atoms with Gasteiger partial charge >= 0.3 is 0 Å². The molecule has 1 aliphatic carbocycles. The largest absolute Gasteiger partial charge is 0.306 e. The fourth-order valence-corrected chi connectivity index (χ4v) is 3.09. The highest BCUT2D eigenvalue weighted by Crippen LogP contribution is 2.49. The van der Waals surface area contributed by atoms with Crippen molar-refractivity contribution in [1.29, 1.82) is 0 Å². The summed E-state index contributed by atoms with van der Waals surface area (Å²) in [4.78, 5) is 2.51. The average Bonchev–Trinajstić information content (AvgIpc) is 2.07. The zero-order valence-corrected chi connectivity index (χ0v) is 8.47. The van der Waals surface area contributed by atoms with Gasteiger partial charge in [0.05, 0.1) is 0 Å². The second kappa shape index (κ2) is 3.02. The van der Waals surface area contributed by atoms with Crippen LogP contribution in [0.5, 0.6) is 0 Å². The number of rotatable bonds is 0. The smallest absolute Gasteiger partial charge is 0.000418 e. The van der Waals surface area contributed by atoms with Crippen molar-refractivity contribution in [2.24, 2.45) is 11.3 Å². The molecule has 1 nitrogen and oxygen atoms in total. The van der Waals surface area contributed by atoms with Crippen LogP contribution in [-0.4, -0.2) is 25.0 Å². The molecule has 2 aliphatic rings. The molecule has 1 saturated carbocycles. The maximum Gasteiger partial charge on any atom is 0.000418 e. The summed E-state index contributed by atoms with van der Waals surface area (Å²) in [5, 5.41) is 0. The molecular formula is C11H21N. The third kappa shape index (κ3) is 1.52. The van der Waals surface area contributed by atoms with E-state index in [0.29, 0.717) is 0 Å². The summed E-state index contributed by atoms with van der Waals surface area (Å²) in [5.74, 6) is 0.929. The Bertz CT molecular complexity index is 160. The first-order valence-electron chi connectivity index (χ1n) is 5.39. The lowest BCUT2D eigenvalue weighted by Gasteiger charge is -2.42. The minimum Gasteiger partial charge on any atom is -0.306 e. The molecule has 2 rings (SSSR count). The topological polar surface area (TPSA) is 3.24 Å². The highest BCUT2D eigenvalue weighted by Gasteiger charge is 2.39. The number of likely N-dealkylation sites (tertiary alicyclic amines) is 1. The molecule has 1 unspecified atom stereocenters. The summed E-state index contributed by atoms with van der Waals surface area (Å²) in [7, 11) is 2.27. The molecule has 1 aliphatic heterocycles. The Labute approximate surface area is 76.1 Å². The quantitative estimate of drug-likeness (QED) is 0.536. The molecule has 0 bridgehead atoms. The van der Waals surface area contributed by atoms with Crippen LogP contribution in [0.4, 0.5) is 0 Å². The Balaban J connectivity index is 1.99. The molecule has 0 aromatic rings. The maximum absolute atomic E-state index is 2.51. The minimum absolute atomic E-state index is 0.796. The highest BCUT2D eigenvalue weighted by atomic mass is 15.1. The molecule has 0 radical (unpaired) electrons. The van der Waals surface area contributed by atoms with Gasteiger partial charge in [0.1, 0.15) is 0 Å². The molecule has 1 spiro atoms. The second-order valence-corrected chi connectivity index (χ2v) is 5.18. The maximum atomic E-state index is 2.51. The van der Waals surface area contributed by atoms with Gasteiger partial charge in [0.25, 0.3) is 0 Å². The molecular weight excluding hydrogens is 146 g/mol. The monoisotopic (exact) mass is 167 g/mol. The van der Waals surface area contributed by atoms with Crippen molar-refractivity contribution < 1.29 is 0 Å². The van der Waals surface area contributed by atoms with Gasteiger partial charge < -0.3 is 4.90 Å². The van der Waals surface area contributed by atoms with Crippen LogP contribution in [0.25, 0.3) is 0 Å². The van der Waals surface area contributed by atoms with Crippen LogP contribution in [-0.2, 0) is 0 Å². The van der Waals surface area contributed by atoms with Gasteiger partial charge in [0.2, 0.25) is 0 Å². The van der Waals surface area contributed by atoms with Crippen molar-refractivity contribution in [3.63, 3.8) is 0 Å². The van der Waals surface area contributed by atoms with Gasteiger partial charge in [-0.3, -0.25) is 0 Å². The predicted molar refractivity (Wildman–Crippen MR) is 52.2 cm³/mol. The highest BCUT2D eigenvalue weighted by molar-refractivity contribution is 4.91. The SMILES string of the molecule is CC1CN(C)CCC2(CCC2)C1. The Kier molecular flexibility index (Phi) is 2.16. The normalized spacial score (nSPS) is 36.0. The molecule has 0 aromatic heterocycles. The summed E-state index contributed by atoms with van der Waals surface area (Å²) >= 11 is 0. The zero-order valence-electron chi connectivity index (χ0n) is 8.47. The van der Waals surface area contributed by atoms with Gasteiger partial charge in [-0.05, 0) is 50.6 Å². The molecule has 70 valence electrons. The van der Waals surface area contributed by atoms with Crippen molar-refractivity contribution in [2.75, 3.05) is 20.1 Å². The van der Waals surface area contributed by atoms with E-state index in [2.05, 4.69) is 18.9 Å². The molecule has 1 saturated heterocycles. The summed E-state index contributed by atoms with van der Waals surface area (Å²) in [5.41, 5.74) is 0.796. The van der Waals surface area contributed by atoms with Crippen molar-refractivity contribution in [1.82, 2.24) is 4.90 Å². The van der Waals surface area contributed by atoms with Crippen LogP contribution in [0.2, 0.25) is 0 Å². The molecule has 1 heterocycles. The minimum atomic E-state index is 0.796. The number of hydrogen-bond donors (Lipinski definition) is 0. The Morgan fingerprint density at radius 2 is 2.00 bits per heavy atom. The van der Waals surface area contributed by atoms with E-state index in [0.717, 1.165) is 11.3 Å². The van der Waals surface area contributed by atoms with Gasteiger partial charge in [0.15, 0.2) is 0 Å². The van der Waals surface area contributed by atoms with Crippen molar-refractivity contribution >= 4 is 0 Å². The molecule has 0 amide bonds. The summed E-state index contributed by atoms with van der Waals surface area (Å²) in [6.07, 6.45) is 7.50. The first-order valence-corrected chi connectivity index (χ1v) is 5.39. The van der Waals surface area contributed by atoms with E-state index in [-0.39, 0.29) is 0 Å². The van der Waals surface area contributed by atoms with E-state index in [1.807, 2.05) is 0 Å². The van der Waals surface area contributed by atoms with E-state index < -0.39 is 0 Å². The molecule has 0 N–H and O–H groups in total. The molecule has 12 heavy (non-hydrogen) atoms. The molecule has 2 fully saturated rings. The Morgan fingerprint density at radius 3 is 2.58 bits per heavy atom. The van der Waals surface area contributed by atoms with Crippen LogP contribution in [0, 0.1) is 11.3 Å². The fraction of sp³-hybridized carbons (Fsp3) is 1.00. The van der Waals surface area contributed by atoms with E-state index in [4.69, 9.17) is 0 Å². The van der Waals surface area contributed by atoms with Crippen LogP contribution >= 0.6 is 0 Å². The van der Waals surface area contributed by atoms with Crippen molar-refractivity contribution in [2.45, 2.75) is 39.0 Å². The average molecular weight is 167 g/mol. The van der Waals surface area contributed by atoms with Gasteiger partial charge in [0, 0.05) is 6.54 Å². The van der Waals surface area contributed by atoms with Crippen molar-refractivity contribution in [3.05, 3.63) is 0 Å². The van der Waals surface area contributed by atoms with Crippen LogP contribution in [0.1, 0.15) is 39.0 Å². The Hall–Kier alpha value is -0.0400. The van der Waals surface area contributed by atoms with E-state index >= 15 is 0 Å². The van der Waals surface area contributed by atoms with Gasteiger partial charge in [-0.25, -0.2) is 0 Å². The lowest BCUT2D eigenvalue weighted by Crippen LogP contribution is -2.31. The fourth-order valence-electron chi connectivity index (χ4n) is 3.09. The number of nitrogens with zero attached hydrogens (tertiary/aromatic N) is 1. The summed E-state index contributed by atoms with van der Waals surface area (Å²) in [6, 6.07) is 0. The van der Waals surface area contributed by atoms with Gasteiger partial charge in [-0.2, -0.15) is 0 Å². The second-order valence-electron chi connectivity index (χ2n) is 5.18. The van der Waals surface area contributed by atoms with E-state index in [9.17, 15) is 0 Å². The van der Waals surface area contributed by atoms with Gasteiger partial charge in [-0.1, -0.05) is 13.3 Å². The van der Waals surface area contributed by atoms with Crippen LogP contribution in [0.3, 0.4) is 0 Å². The van der Waals surface area contributed by atoms with Crippen LogP contribution < -0.4 is 0 Å². The van der Waals surface area contributed by atoms with Gasteiger partial charge in [-0.15, -0.1) is 0 Å². The summed E-state index contributed by atoms with van der Waals surface area (Å²) in [6.45, 7) is 5.08. The Morgan fingerprint density at radius 1 is 1.25 bits per heavy atom. The third-order valence-corrected chi connectivity index (χ3v) is 3.84. The van der Waals surface area contributed by atoms with Crippen molar-refractivity contribution in [3.8, 4) is 0 Å². The molecule has 0 aromatic carbocycles. The van der Waals surface area contributed by atoms with E-state index in [1.54, 1.807) is 0 Å². The van der Waals surface area contributed by atoms with Crippen LogP contribution in [0.15, 0.2) is 0 Å². The first-order chi connectivity index (χ1) is 5.70. The lowest BCUT2D eigenvalue weighted by atomic mass is 9.63. The number of hydrogen-bond acceptors (Lipinski definition) is 1. The third-order valence-electron chi connectivity index (χ3n) is 3.84.